The number of hydrogen-bond acceptors (Lipinski definition) is 4. The topological polar surface area (TPSA) is 75.7 Å². The van der Waals surface area contributed by atoms with E-state index in [0.717, 1.165) is 6.42 Å². The molecule has 0 spiro atoms. The Bertz CT molecular complexity index is 979. The summed E-state index contributed by atoms with van der Waals surface area (Å²) >= 11 is 12.2. The van der Waals surface area contributed by atoms with Gasteiger partial charge in [0.15, 0.2) is 0 Å². The molecule has 3 rings (SSSR count). The van der Waals surface area contributed by atoms with E-state index in [2.05, 4.69) is 5.32 Å². The number of benzene rings is 2. The first-order valence-corrected chi connectivity index (χ1v) is 10.6. The molecule has 0 aliphatic carbocycles. The quantitative estimate of drug-likeness (QED) is 0.791. The molecule has 6 nitrogen and oxygen atoms in total. The Balaban J connectivity index is 1.93. The highest BCUT2D eigenvalue weighted by molar-refractivity contribution is 7.92. The lowest BCUT2D eigenvalue weighted by Gasteiger charge is -2.28. The van der Waals surface area contributed by atoms with Gasteiger partial charge in [-0.2, -0.15) is 0 Å². The SMILES string of the molecule is COc1ccc(Cl)cc1NC(=O)c1cc(N2CCCCS2(=O)=O)ccc1Cl. The largest absolute Gasteiger partial charge is 0.495 e. The number of sulfonamides is 1. The fraction of sp³-hybridized carbons (Fsp3) is 0.278. The van der Waals surface area contributed by atoms with Gasteiger partial charge in [-0.15, -0.1) is 0 Å². The Kier molecular flexibility index (Phi) is 5.83. The molecule has 0 saturated carbocycles. The molecule has 0 bridgehead atoms. The predicted molar refractivity (Wildman–Crippen MR) is 108 cm³/mol. The summed E-state index contributed by atoms with van der Waals surface area (Å²) in [6.07, 6.45) is 1.40. The van der Waals surface area contributed by atoms with Gasteiger partial charge in [0.25, 0.3) is 5.91 Å². The van der Waals surface area contributed by atoms with E-state index in [9.17, 15) is 13.2 Å². The molecule has 0 atom stereocenters. The van der Waals surface area contributed by atoms with Gasteiger partial charge in [0, 0.05) is 11.6 Å². The van der Waals surface area contributed by atoms with Gasteiger partial charge >= 0.3 is 0 Å². The number of nitrogens with zero attached hydrogens (tertiary/aromatic N) is 1. The van der Waals surface area contributed by atoms with Crippen molar-refractivity contribution >= 4 is 50.5 Å². The maximum atomic E-state index is 12.7. The summed E-state index contributed by atoms with van der Waals surface area (Å²) in [5.41, 5.74) is 0.973. The molecule has 144 valence electrons. The van der Waals surface area contributed by atoms with Crippen LogP contribution >= 0.6 is 23.2 Å². The zero-order valence-corrected chi connectivity index (χ0v) is 16.9. The van der Waals surface area contributed by atoms with Crippen molar-refractivity contribution in [3.8, 4) is 5.75 Å². The molecule has 0 unspecified atom stereocenters. The first-order chi connectivity index (χ1) is 12.8. The van der Waals surface area contributed by atoms with Crippen LogP contribution in [0.5, 0.6) is 5.75 Å². The Morgan fingerprint density at radius 1 is 1.15 bits per heavy atom. The second kappa shape index (κ2) is 7.96. The minimum atomic E-state index is -3.39. The molecule has 1 aliphatic heterocycles. The molecular formula is C18H18Cl2N2O4S. The molecule has 1 heterocycles. The highest BCUT2D eigenvalue weighted by Crippen LogP contribution is 2.31. The number of ether oxygens (including phenoxy) is 1. The van der Waals surface area contributed by atoms with Crippen molar-refractivity contribution in [1.82, 2.24) is 0 Å². The van der Waals surface area contributed by atoms with E-state index < -0.39 is 15.9 Å². The van der Waals surface area contributed by atoms with Gasteiger partial charge < -0.3 is 10.1 Å². The van der Waals surface area contributed by atoms with Gasteiger partial charge in [0.2, 0.25) is 10.0 Å². The summed E-state index contributed by atoms with van der Waals surface area (Å²) in [6.45, 7) is 0.382. The Labute approximate surface area is 168 Å². The van der Waals surface area contributed by atoms with Gasteiger partial charge in [0.05, 0.1) is 34.8 Å². The third kappa shape index (κ3) is 4.31. The van der Waals surface area contributed by atoms with Crippen LogP contribution in [0.2, 0.25) is 10.0 Å². The minimum Gasteiger partial charge on any atom is -0.495 e. The average Bonchev–Trinajstić information content (AvgIpc) is 2.62. The molecule has 0 radical (unpaired) electrons. The maximum Gasteiger partial charge on any atom is 0.257 e. The van der Waals surface area contributed by atoms with Crippen LogP contribution in [0.3, 0.4) is 0 Å². The smallest absolute Gasteiger partial charge is 0.257 e. The summed E-state index contributed by atoms with van der Waals surface area (Å²) in [5.74, 6) is 0.0482. The normalized spacial score (nSPS) is 16.0. The summed E-state index contributed by atoms with van der Waals surface area (Å²) in [6, 6.07) is 9.44. The lowest BCUT2D eigenvalue weighted by molar-refractivity contribution is 0.102. The molecule has 2 aromatic carbocycles. The summed E-state index contributed by atoms with van der Waals surface area (Å²) in [4.78, 5) is 12.7. The predicted octanol–water partition coefficient (Wildman–Crippen LogP) is 4.18. The molecule has 2 aromatic rings. The molecule has 0 aromatic heterocycles. The van der Waals surface area contributed by atoms with Gasteiger partial charge in [0.1, 0.15) is 5.75 Å². The van der Waals surface area contributed by atoms with Crippen LogP contribution in [-0.2, 0) is 10.0 Å². The van der Waals surface area contributed by atoms with Crippen molar-refractivity contribution < 1.29 is 17.9 Å². The molecule has 1 fully saturated rings. The Morgan fingerprint density at radius 3 is 2.63 bits per heavy atom. The highest BCUT2D eigenvalue weighted by atomic mass is 35.5. The molecule has 1 amide bonds. The zero-order chi connectivity index (χ0) is 19.6. The van der Waals surface area contributed by atoms with Crippen LogP contribution in [0.1, 0.15) is 23.2 Å². The number of amides is 1. The van der Waals surface area contributed by atoms with E-state index in [1.165, 1.54) is 23.5 Å². The van der Waals surface area contributed by atoms with Crippen molar-refractivity contribution in [2.75, 3.05) is 29.0 Å². The number of nitrogens with one attached hydrogen (secondary N) is 1. The Hall–Kier alpha value is -1.96. The monoisotopic (exact) mass is 428 g/mol. The van der Waals surface area contributed by atoms with E-state index in [1.54, 1.807) is 24.3 Å². The highest BCUT2D eigenvalue weighted by Gasteiger charge is 2.27. The van der Waals surface area contributed by atoms with E-state index in [1.807, 2.05) is 0 Å². The van der Waals surface area contributed by atoms with Crippen molar-refractivity contribution in [1.29, 1.82) is 0 Å². The first-order valence-electron chi connectivity index (χ1n) is 8.26. The lowest BCUT2D eigenvalue weighted by Crippen LogP contribution is -2.38. The summed E-state index contributed by atoms with van der Waals surface area (Å²) in [7, 11) is -1.91. The molecule has 27 heavy (non-hydrogen) atoms. The number of hydrogen-bond donors (Lipinski definition) is 1. The van der Waals surface area contributed by atoms with Gasteiger partial charge in [-0.05, 0) is 49.2 Å². The van der Waals surface area contributed by atoms with Gasteiger partial charge in [-0.3, -0.25) is 9.10 Å². The van der Waals surface area contributed by atoms with Crippen LogP contribution < -0.4 is 14.4 Å². The molecule has 1 saturated heterocycles. The van der Waals surface area contributed by atoms with Gasteiger partial charge in [-0.25, -0.2) is 8.42 Å². The summed E-state index contributed by atoms with van der Waals surface area (Å²) in [5, 5.41) is 3.36. The van der Waals surface area contributed by atoms with Crippen LogP contribution in [0.4, 0.5) is 11.4 Å². The lowest BCUT2D eigenvalue weighted by atomic mass is 10.1. The van der Waals surface area contributed by atoms with Gasteiger partial charge in [-0.1, -0.05) is 23.2 Å². The molecular weight excluding hydrogens is 411 g/mol. The van der Waals surface area contributed by atoms with Crippen LogP contribution in [-0.4, -0.2) is 33.7 Å². The second-order valence-electron chi connectivity index (χ2n) is 6.06. The van der Waals surface area contributed by atoms with E-state index in [-0.39, 0.29) is 16.3 Å². The third-order valence-corrected chi connectivity index (χ3v) is 6.68. The van der Waals surface area contributed by atoms with E-state index in [4.69, 9.17) is 27.9 Å². The number of anilines is 2. The maximum absolute atomic E-state index is 12.7. The number of methoxy groups -OCH3 is 1. The minimum absolute atomic E-state index is 0.0941. The molecule has 9 heteroatoms. The number of halogens is 2. The summed E-state index contributed by atoms with van der Waals surface area (Å²) < 4.78 is 31.2. The number of rotatable bonds is 4. The third-order valence-electron chi connectivity index (χ3n) is 4.24. The fourth-order valence-electron chi connectivity index (χ4n) is 2.89. The second-order valence-corrected chi connectivity index (χ2v) is 8.91. The van der Waals surface area contributed by atoms with Crippen LogP contribution in [0.15, 0.2) is 36.4 Å². The standard InChI is InChI=1S/C18H18Cl2N2O4S/c1-26-17-7-4-12(19)10-16(17)21-18(23)14-11-13(5-6-15(14)20)22-8-2-3-9-27(22,24)25/h4-7,10-11H,2-3,8-9H2,1H3,(H,21,23). The average molecular weight is 429 g/mol. The van der Waals surface area contributed by atoms with Crippen LogP contribution in [0, 0.1) is 0 Å². The van der Waals surface area contributed by atoms with E-state index >= 15 is 0 Å². The molecule has 1 N–H and O–H groups in total. The van der Waals surface area contributed by atoms with Crippen LogP contribution in [0.25, 0.3) is 0 Å². The van der Waals surface area contributed by atoms with Crippen molar-refractivity contribution in [3.63, 3.8) is 0 Å². The number of carbonyl (C=O) groups is 1. The molecule has 1 aliphatic rings. The fourth-order valence-corrected chi connectivity index (χ4v) is 4.90. The number of carbonyl (C=O) groups excluding carboxylic acids is 1. The Morgan fingerprint density at radius 2 is 1.93 bits per heavy atom. The van der Waals surface area contributed by atoms with Crippen molar-refractivity contribution in [2.45, 2.75) is 12.8 Å². The zero-order valence-electron chi connectivity index (χ0n) is 14.5. The first kappa shape index (κ1) is 19.8. The van der Waals surface area contributed by atoms with Crippen molar-refractivity contribution in [2.24, 2.45) is 0 Å². The van der Waals surface area contributed by atoms with E-state index in [0.29, 0.717) is 35.1 Å². The van der Waals surface area contributed by atoms with Crippen molar-refractivity contribution in [3.05, 3.63) is 52.0 Å².